The molecule has 0 amide bonds. The number of hydrogen-bond donors (Lipinski definition) is 2. The monoisotopic (exact) mass is 260 g/mol. The lowest BCUT2D eigenvalue weighted by Crippen LogP contribution is -2.28. The summed E-state index contributed by atoms with van der Waals surface area (Å²) >= 11 is 7.77. The lowest BCUT2D eigenvalue weighted by atomic mass is 10.0. The van der Waals surface area contributed by atoms with Gasteiger partial charge in [-0.15, -0.1) is 0 Å². The summed E-state index contributed by atoms with van der Waals surface area (Å²) in [5, 5.41) is 0.695. The lowest BCUT2D eigenvalue weighted by Gasteiger charge is -2.18. The van der Waals surface area contributed by atoms with Crippen LogP contribution in [-0.2, 0) is 0 Å². The van der Waals surface area contributed by atoms with E-state index in [0.717, 1.165) is 23.5 Å². The average Bonchev–Trinajstić information content (AvgIpc) is 2.30. The van der Waals surface area contributed by atoms with Gasteiger partial charge >= 0.3 is 0 Å². The second kappa shape index (κ2) is 7.01. The molecule has 1 atom stereocenters. The number of halogens is 1. The first-order valence-electron chi connectivity index (χ1n) is 5.01. The molecule has 0 radical (unpaired) electrons. The van der Waals surface area contributed by atoms with Crippen molar-refractivity contribution in [1.29, 1.82) is 0 Å². The van der Waals surface area contributed by atoms with E-state index in [1.54, 1.807) is 18.9 Å². The van der Waals surface area contributed by atoms with Gasteiger partial charge in [-0.1, -0.05) is 11.6 Å². The molecule has 0 saturated heterocycles. The highest BCUT2D eigenvalue weighted by Gasteiger charge is 2.14. The Hall–Kier alpha value is -0.420. The van der Waals surface area contributed by atoms with E-state index in [0.29, 0.717) is 5.02 Å². The molecule has 1 unspecified atom stereocenters. The van der Waals surface area contributed by atoms with Crippen LogP contribution in [0.4, 0.5) is 0 Å². The van der Waals surface area contributed by atoms with E-state index >= 15 is 0 Å². The molecule has 5 heteroatoms. The van der Waals surface area contributed by atoms with Crippen LogP contribution in [0, 0.1) is 0 Å². The van der Waals surface area contributed by atoms with Crippen LogP contribution in [0.25, 0.3) is 0 Å². The minimum absolute atomic E-state index is 0.0705. The third-order valence-electron chi connectivity index (χ3n) is 2.38. The maximum atomic E-state index is 5.98. The summed E-state index contributed by atoms with van der Waals surface area (Å²) in [6.07, 6.45) is 3.01. The molecule has 0 bridgehead atoms. The second-order valence-corrected chi connectivity index (χ2v) is 4.81. The summed E-state index contributed by atoms with van der Waals surface area (Å²) in [7, 11) is 1.65. The Kier molecular flexibility index (Phi) is 5.98. The van der Waals surface area contributed by atoms with Gasteiger partial charge in [0.1, 0.15) is 5.75 Å². The predicted octanol–water partition coefficient (Wildman–Crippen LogP) is 2.61. The molecular formula is C11H17ClN2OS. The van der Waals surface area contributed by atoms with Crippen LogP contribution in [0.2, 0.25) is 5.02 Å². The van der Waals surface area contributed by atoms with Crippen molar-refractivity contribution in [2.75, 3.05) is 19.1 Å². The Morgan fingerprint density at radius 2 is 2.31 bits per heavy atom. The number of nitrogens with two attached hydrogens (primary N) is 1. The Labute approximate surface area is 106 Å². The number of benzene rings is 1. The molecule has 1 aromatic carbocycles. The lowest BCUT2D eigenvalue weighted by molar-refractivity contribution is 0.398. The highest BCUT2D eigenvalue weighted by atomic mass is 35.5. The number of rotatable bonds is 6. The maximum absolute atomic E-state index is 5.98. The number of hydrazine groups is 1. The quantitative estimate of drug-likeness (QED) is 0.610. The van der Waals surface area contributed by atoms with E-state index in [1.165, 1.54) is 0 Å². The molecule has 0 fully saturated rings. The van der Waals surface area contributed by atoms with E-state index in [4.69, 9.17) is 22.2 Å². The molecule has 0 aliphatic carbocycles. The van der Waals surface area contributed by atoms with Crippen molar-refractivity contribution >= 4 is 23.4 Å². The Balaban J connectivity index is 2.92. The third-order valence-corrected chi connectivity index (χ3v) is 3.26. The zero-order valence-electron chi connectivity index (χ0n) is 9.50. The number of ether oxygens (including phenoxy) is 1. The Morgan fingerprint density at radius 3 is 2.88 bits per heavy atom. The predicted molar refractivity (Wildman–Crippen MR) is 71.1 cm³/mol. The molecule has 3 N–H and O–H groups in total. The minimum Gasteiger partial charge on any atom is -0.496 e. The van der Waals surface area contributed by atoms with Gasteiger partial charge in [-0.25, -0.2) is 0 Å². The van der Waals surface area contributed by atoms with Gasteiger partial charge in [-0.2, -0.15) is 11.8 Å². The van der Waals surface area contributed by atoms with Crippen molar-refractivity contribution in [3.8, 4) is 5.75 Å². The van der Waals surface area contributed by atoms with Crippen LogP contribution in [0.5, 0.6) is 5.75 Å². The van der Waals surface area contributed by atoms with Crippen LogP contribution in [-0.4, -0.2) is 19.1 Å². The summed E-state index contributed by atoms with van der Waals surface area (Å²) in [5.41, 5.74) is 3.81. The van der Waals surface area contributed by atoms with Crippen molar-refractivity contribution in [2.24, 2.45) is 5.84 Å². The van der Waals surface area contributed by atoms with Crippen LogP contribution < -0.4 is 16.0 Å². The molecule has 1 aromatic rings. The molecule has 16 heavy (non-hydrogen) atoms. The summed E-state index contributed by atoms with van der Waals surface area (Å²) in [6, 6.07) is 5.64. The van der Waals surface area contributed by atoms with Crippen molar-refractivity contribution in [3.05, 3.63) is 28.8 Å². The molecular weight excluding hydrogens is 244 g/mol. The normalized spacial score (nSPS) is 12.5. The minimum atomic E-state index is 0.0705. The zero-order valence-corrected chi connectivity index (χ0v) is 11.1. The topological polar surface area (TPSA) is 47.3 Å². The smallest absolute Gasteiger partial charge is 0.123 e. The first-order chi connectivity index (χ1) is 7.72. The molecule has 90 valence electrons. The zero-order chi connectivity index (χ0) is 12.0. The number of hydrogen-bond acceptors (Lipinski definition) is 4. The fourth-order valence-electron chi connectivity index (χ4n) is 1.54. The van der Waals surface area contributed by atoms with E-state index in [-0.39, 0.29) is 6.04 Å². The van der Waals surface area contributed by atoms with Crippen molar-refractivity contribution in [3.63, 3.8) is 0 Å². The Bertz CT molecular complexity index is 336. The number of thioether (sulfide) groups is 1. The van der Waals surface area contributed by atoms with Crippen LogP contribution in [0.3, 0.4) is 0 Å². The molecule has 3 nitrogen and oxygen atoms in total. The van der Waals surface area contributed by atoms with Gasteiger partial charge in [0.2, 0.25) is 0 Å². The number of methoxy groups -OCH3 is 1. The van der Waals surface area contributed by atoms with Gasteiger partial charge in [-0.3, -0.25) is 11.3 Å². The molecule has 0 heterocycles. The second-order valence-electron chi connectivity index (χ2n) is 3.39. The first-order valence-corrected chi connectivity index (χ1v) is 6.78. The van der Waals surface area contributed by atoms with Crippen molar-refractivity contribution in [2.45, 2.75) is 12.5 Å². The SMILES string of the molecule is COc1ccc(Cl)cc1C(CCSC)NN. The molecule has 0 aromatic heterocycles. The van der Waals surface area contributed by atoms with E-state index in [2.05, 4.69) is 11.7 Å². The molecule has 1 rings (SSSR count). The largest absolute Gasteiger partial charge is 0.496 e. The van der Waals surface area contributed by atoms with E-state index < -0.39 is 0 Å². The molecule has 0 aliphatic heterocycles. The fourth-order valence-corrected chi connectivity index (χ4v) is 2.19. The summed E-state index contributed by atoms with van der Waals surface area (Å²) in [5.74, 6) is 7.41. The Morgan fingerprint density at radius 1 is 1.56 bits per heavy atom. The van der Waals surface area contributed by atoms with Crippen LogP contribution in [0.15, 0.2) is 18.2 Å². The first kappa shape index (κ1) is 13.6. The van der Waals surface area contributed by atoms with E-state index in [1.807, 2.05) is 18.2 Å². The van der Waals surface area contributed by atoms with Gasteiger partial charge in [0.05, 0.1) is 13.2 Å². The van der Waals surface area contributed by atoms with Gasteiger partial charge in [0.25, 0.3) is 0 Å². The fraction of sp³-hybridized carbons (Fsp3) is 0.455. The van der Waals surface area contributed by atoms with Crippen LogP contribution >= 0.6 is 23.4 Å². The molecule has 0 aliphatic rings. The summed E-state index contributed by atoms with van der Waals surface area (Å²) < 4.78 is 5.30. The van der Waals surface area contributed by atoms with Crippen LogP contribution in [0.1, 0.15) is 18.0 Å². The van der Waals surface area contributed by atoms with Gasteiger partial charge in [0, 0.05) is 10.6 Å². The summed E-state index contributed by atoms with van der Waals surface area (Å²) in [4.78, 5) is 0. The van der Waals surface area contributed by atoms with Gasteiger partial charge in [0.15, 0.2) is 0 Å². The van der Waals surface area contributed by atoms with E-state index in [9.17, 15) is 0 Å². The molecule has 0 saturated carbocycles. The maximum Gasteiger partial charge on any atom is 0.123 e. The van der Waals surface area contributed by atoms with Gasteiger partial charge in [-0.05, 0) is 36.6 Å². The summed E-state index contributed by atoms with van der Waals surface area (Å²) in [6.45, 7) is 0. The third kappa shape index (κ3) is 3.56. The molecule has 0 spiro atoms. The van der Waals surface area contributed by atoms with Crippen molar-refractivity contribution < 1.29 is 4.74 Å². The average molecular weight is 261 g/mol. The highest BCUT2D eigenvalue weighted by molar-refractivity contribution is 7.98. The number of nitrogens with one attached hydrogen (secondary N) is 1. The van der Waals surface area contributed by atoms with Crippen molar-refractivity contribution in [1.82, 2.24) is 5.43 Å². The van der Waals surface area contributed by atoms with Gasteiger partial charge < -0.3 is 4.74 Å². The highest BCUT2D eigenvalue weighted by Crippen LogP contribution is 2.30. The standard InChI is InChI=1S/C11H17ClN2OS/c1-15-11-4-3-8(12)7-9(11)10(14-13)5-6-16-2/h3-4,7,10,14H,5-6,13H2,1-2H3.